The van der Waals surface area contributed by atoms with E-state index in [1.165, 1.54) is 13.2 Å². The first-order valence-electron chi connectivity index (χ1n) is 7.13. The Kier molecular flexibility index (Phi) is 4.15. The molecule has 0 radical (unpaired) electrons. The molecule has 0 aliphatic carbocycles. The second-order valence-corrected chi connectivity index (χ2v) is 5.15. The lowest BCUT2D eigenvalue weighted by Crippen LogP contribution is -2.18. The summed E-state index contributed by atoms with van der Waals surface area (Å²) in [4.78, 5) is 0. The summed E-state index contributed by atoms with van der Waals surface area (Å²) in [7, 11) is 1.46. The van der Waals surface area contributed by atoms with Crippen LogP contribution in [0.4, 0.5) is 4.39 Å². The first-order chi connectivity index (χ1) is 10.7. The van der Waals surface area contributed by atoms with E-state index < -0.39 is 0 Å². The Bertz CT molecular complexity index is 675. The van der Waals surface area contributed by atoms with Gasteiger partial charge in [0.05, 0.1) is 7.11 Å². The minimum absolute atomic E-state index is 0.00131. The Hall–Kier alpha value is -2.27. The van der Waals surface area contributed by atoms with Gasteiger partial charge in [-0.15, -0.1) is 0 Å². The maximum atomic E-state index is 13.8. The number of rotatable bonds is 5. The summed E-state index contributed by atoms with van der Waals surface area (Å²) in [5.74, 6) is 1.44. The Morgan fingerprint density at radius 1 is 1.27 bits per heavy atom. The largest absolute Gasteiger partial charge is 0.494 e. The molecule has 22 heavy (non-hydrogen) atoms. The van der Waals surface area contributed by atoms with Crippen molar-refractivity contribution in [3.8, 4) is 17.2 Å². The van der Waals surface area contributed by atoms with Crippen molar-refractivity contribution in [1.82, 2.24) is 5.32 Å². The van der Waals surface area contributed by atoms with Crippen LogP contribution in [-0.4, -0.2) is 13.9 Å². The van der Waals surface area contributed by atoms with Gasteiger partial charge in [-0.2, -0.15) is 0 Å². The third-order valence-corrected chi connectivity index (χ3v) is 3.75. The average Bonchev–Trinajstić information content (AvgIpc) is 3.01. The summed E-state index contributed by atoms with van der Waals surface area (Å²) in [6.07, 6.45) is 0. The molecule has 0 aromatic heterocycles. The van der Waals surface area contributed by atoms with Crippen LogP contribution >= 0.6 is 0 Å². The van der Waals surface area contributed by atoms with Crippen molar-refractivity contribution < 1.29 is 18.6 Å². The number of fused-ring (bicyclic) bond motifs is 1. The predicted octanol–water partition coefficient (Wildman–Crippen LogP) is 3.41. The van der Waals surface area contributed by atoms with Crippen LogP contribution in [0.3, 0.4) is 0 Å². The monoisotopic (exact) mass is 303 g/mol. The van der Waals surface area contributed by atoms with Gasteiger partial charge in [0, 0.05) is 18.2 Å². The van der Waals surface area contributed by atoms with Crippen molar-refractivity contribution in [2.24, 2.45) is 0 Å². The second-order valence-electron chi connectivity index (χ2n) is 5.15. The van der Waals surface area contributed by atoms with Crippen LogP contribution < -0.4 is 19.5 Å². The maximum absolute atomic E-state index is 13.8. The van der Waals surface area contributed by atoms with Crippen molar-refractivity contribution >= 4 is 0 Å². The van der Waals surface area contributed by atoms with E-state index in [4.69, 9.17) is 14.2 Å². The van der Waals surface area contributed by atoms with Crippen molar-refractivity contribution in [3.05, 3.63) is 53.3 Å². The smallest absolute Gasteiger partial charge is 0.231 e. The van der Waals surface area contributed by atoms with Crippen molar-refractivity contribution in [1.29, 1.82) is 0 Å². The van der Waals surface area contributed by atoms with Crippen LogP contribution in [0.2, 0.25) is 0 Å². The van der Waals surface area contributed by atoms with Gasteiger partial charge in [0.2, 0.25) is 6.79 Å². The van der Waals surface area contributed by atoms with E-state index in [2.05, 4.69) is 5.32 Å². The van der Waals surface area contributed by atoms with E-state index >= 15 is 0 Å². The van der Waals surface area contributed by atoms with Gasteiger partial charge in [0.25, 0.3) is 0 Å². The molecular formula is C17H18FNO3. The van der Waals surface area contributed by atoms with Crippen LogP contribution in [0.25, 0.3) is 0 Å². The number of nitrogens with one attached hydrogen (secondary N) is 1. The van der Waals surface area contributed by atoms with E-state index in [0.717, 1.165) is 22.6 Å². The lowest BCUT2D eigenvalue weighted by atomic mass is 10.1. The predicted molar refractivity (Wildman–Crippen MR) is 80.8 cm³/mol. The van der Waals surface area contributed by atoms with E-state index in [0.29, 0.717) is 6.54 Å². The molecule has 1 aliphatic rings. The quantitative estimate of drug-likeness (QED) is 0.919. The van der Waals surface area contributed by atoms with Gasteiger partial charge in [0.15, 0.2) is 23.1 Å². The van der Waals surface area contributed by atoms with E-state index in [1.54, 1.807) is 6.07 Å². The normalized spacial score (nSPS) is 14.0. The number of para-hydroxylation sites is 1. The molecule has 4 nitrogen and oxygen atoms in total. The fourth-order valence-corrected chi connectivity index (χ4v) is 2.46. The van der Waals surface area contributed by atoms with Gasteiger partial charge in [0.1, 0.15) is 0 Å². The molecule has 1 N–H and O–H groups in total. The minimum atomic E-state index is -0.356. The summed E-state index contributed by atoms with van der Waals surface area (Å²) in [6.45, 7) is 2.86. The molecule has 3 rings (SSSR count). The number of benzene rings is 2. The Labute approximate surface area is 128 Å². The SMILES string of the molecule is COc1ccc([C@@H](C)NCc2cccc3c2OCO3)cc1F. The first-order valence-corrected chi connectivity index (χ1v) is 7.13. The summed E-state index contributed by atoms with van der Waals surface area (Å²) in [5.41, 5.74) is 1.89. The zero-order chi connectivity index (χ0) is 15.5. The number of hydrogen-bond donors (Lipinski definition) is 1. The van der Waals surface area contributed by atoms with E-state index in [1.807, 2.05) is 31.2 Å². The number of methoxy groups -OCH3 is 1. The topological polar surface area (TPSA) is 39.7 Å². The van der Waals surface area contributed by atoms with Gasteiger partial charge in [-0.1, -0.05) is 18.2 Å². The fourth-order valence-electron chi connectivity index (χ4n) is 2.46. The summed E-state index contributed by atoms with van der Waals surface area (Å²) < 4.78 is 29.5. The molecule has 0 bridgehead atoms. The van der Waals surface area contributed by atoms with Crippen LogP contribution in [0.5, 0.6) is 17.2 Å². The molecule has 1 aliphatic heterocycles. The summed E-state index contributed by atoms with van der Waals surface area (Å²) in [5, 5.41) is 3.37. The molecule has 0 spiro atoms. The summed E-state index contributed by atoms with van der Waals surface area (Å²) >= 11 is 0. The van der Waals surface area contributed by atoms with Gasteiger partial charge in [-0.25, -0.2) is 4.39 Å². The fraction of sp³-hybridized carbons (Fsp3) is 0.294. The van der Waals surface area contributed by atoms with Crippen molar-refractivity contribution in [3.63, 3.8) is 0 Å². The highest BCUT2D eigenvalue weighted by Gasteiger charge is 2.17. The second kappa shape index (κ2) is 6.23. The van der Waals surface area contributed by atoms with Gasteiger partial charge >= 0.3 is 0 Å². The molecule has 116 valence electrons. The molecule has 0 fully saturated rings. The zero-order valence-electron chi connectivity index (χ0n) is 12.6. The Morgan fingerprint density at radius 3 is 2.91 bits per heavy atom. The van der Waals surface area contributed by atoms with Crippen LogP contribution in [0.15, 0.2) is 36.4 Å². The Balaban J connectivity index is 1.69. The minimum Gasteiger partial charge on any atom is -0.494 e. The molecule has 2 aromatic rings. The molecule has 0 saturated heterocycles. The average molecular weight is 303 g/mol. The van der Waals surface area contributed by atoms with Gasteiger partial charge < -0.3 is 19.5 Å². The molecular weight excluding hydrogens is 285 g/mol. The van der Waals surface area contributed by atoms with Crippen LogP contribution in [-0.2, 0) is 6.54 Å². The number of halogens is 1. The standard InChI is InChI=1S/C17H18FNO3/c1-11(12-6-7-15(20-2)14(18)8-12)19-9-13-4-3-5-16-17(13)22-10-21-16/h3-8,11,19H,9-10H2,1-2H3/t11-/m1/s1. The van der Waals surface area contributed by atoms with E-state index in [9.17, 15) is 4.39 Å². The first kappa shape index (κ1) is 14.7. The third-order valence-electron chi connectivity index (χ3n) is 3.75. The summed E-state index contributed by atoms with van der Waals surface area (Å²) in [6, 6.07) is 10.8. The third kappa shape index (κ3) is 2.85. The molecule has 0 unspecified atom stereocenters. The van der Waals surface area contributed by atoms with Gasteiger partial charge in [-0.3, -0.25) is 0 Å². The highest BCUT2D eigenvalue weighted by molar-refractivity contribution is 5.48. The molecule has 0 amide bonds. The van der Waals surface area contributed by atoms with Crippen LogP contribution in [0.1, 0.15) is 24.1 Å². The maximum Gasteiger partial charge on any atom is 0.231 e. The highest BCUT2D eigenvalue weighted by Crippen LogP contribution is 2.35. The van der Waals surface area contributed by atoms with Gasteiger partial charge in [-0.05, 0) is 30.7 Å². The van der Waals surface area contributed by atoms with Crippen molar-refractivity contribution in [2.45, 2.75) is 19.5 Å². The number of hydrogen-bond acceptors (Lipinski definition) is 4. The number of ether oxygens (including phenoxy) is 3. The Morgan fingerprint density at radius 2 is 2.14 bits per heavy atom. The molecule has 1 heterocycles. The lowest BCUT2D eigenvalue weighted by molar-refractivity contribution is 0.173. The van der Waals surface area contributed by atoms with E-state index in [-0.39, 0.29) is 24.4 Å². The molecule has 2 aromatic carbocycles. The molecule has 0 saturated carbocycles. The highest BCUT2D eigenvalue weighted by atomic mass is 19.1. The zero-order valence-corrected chi connectivity index (χ0v) is 12.6. The van der Waals surface area contributed by atoms with Crippen molar-refractivity contribution in [2.75, 3.05) is 13.9 Å². The lowest BCUT2D eigenvalue weighted by Gasteiger charge is -2.16. The molecule has 1 atom stereocenters. The van der Waals surface area contributed by atoms with Crippen LogP contribution in [0, 0.1) is 5.82 Å². The molecule has 5 heteroatoms.